The fourth-order valence-electron chi connectivity index (χ4n) is 2.48. The minimum Gasteiger partial charge on any atom is -0.343 e. The number of rotatable bonds is 6. The average Bonchev–Trinajstić information content (AvgIpc) is 2.77. The van der Waals surface area contributed by atoms with Crippen molar-refractivity contribution in [2.75, 3.05) is 33.7 Å². The van der Waals surface area contributed by atoms with Crippen molar-refractivity contribution in [3.05, 3.63) is 35.6 Å². The first-order chi connectivity index (χ1) is 11.3. The Balaban J connectivity index is 0.00000312. The average molecular weight is 373 g/mol. The van der Waals surface area contributed by atoms with Crippen LogP contribution in [-0.2, 0) is 15.1 Å². The topological polar surface area (TPSA) is 81.8 Å². The van der Waals surface area contributed by atoms with E-state index >= 15 is 0 Å². The summed E-state index contributed by atoms with van der Waals surface area (Å²) in [6.45, 7) is 2.28. The van der Waals surface area contributed by atoms with Gasteiger partial charge in [0.05, 0.1) is 0 Å². The molecule has 25 heavy (non-hydrogen) atoms. The van der Waals surface area contributed by atoms with Crippen LogP contribution in [0.5, 0.6) is 0 Å². The molecule has 2 rings (SSSR count). The summed E-state index contributed by atoms with van der Waals surface area (Å²) in [5.74, 6) is -1.30. The molecule has 0 spiro atoms. The standard InChI is InChI=1S/C16H21FN4O3.ClH/c1-16(11-4-6-12(17)7-5-11)14(23)21(15(24)19-16)10-13(22)20(3)9-8-18-2;/h4-7,18H,8-10H2,1-3H3,(H,19,24);1H. The molecule has 4 amide bonds. The molecule has 0 aliphatic carbocycles. The Bertz CT molecular complexity index is 655. The third-order valence-electron chi connectivity index (χ3n) is 4.11. The molecule has 1 heterocycles. The zero-order chi connectivity index (χ0) is 17.9. The molecule has 1 aromatic carbocycles. The van der Waals surface area contributed by atoms with E-state index in [2.05, 4.69) is 10.6 Å². The van der Waals surface area contributed by atoms with E-state index in [1.807, 2.05) is 0 Å². The highest BCUT2D eigenvalue weighted by molar-refractivity contribution is 6.09. The van der Waals surface area contributed by atoms with Gasteiger partial charge in [-0.3, -0.25) is 14.5 Å². The number of benzene rings is 1. The van der Waals surface area contributed by atoms with Crippen LogP contribution in [0.4, 0.5) is 9.18 Å². The number of urea groups is 1. The van der Waals surface area contributed by atoms with Crippen molar-refractivity contribution in [3.63, 3.8) is 0 Å². The van der Waals surface area contributed by atoms with Crippen molar-refractivity contribution in [2.24, 2.45) is 0 Å². The SMILES string of the molecule is CNCCN(C)C(=O)CN1C(=O)NC(C)(c2ccc(F)cc2)C1=O.Cl. The lowest BCUT2D eigenvalue weighted by Gasteiger charge is -2.23. The maximum atomic E-state index is 13.1. The highest BCUT2D eigenvalue weighted by Crippen LogP contribution is 2.28. The molecule has 1 saturated heterocycles. The molecule has 1 unspecified atom stereocenters. The summed E-state index contributed by atoms with van der Waals surface area (Å²) in [5, 5.41) is 5.50. The number of nitrogens with zero attached hydrogens (tertiary/aromatic N) is 2. The summed E-state index contributed by atoms with van der Waals surface area (Å²) in [7, 11) is 3.38. The van der Waals surface area contributed by atoms with Crippen LogP contribution in [0.2, 0.25) is 0 Å². The summed E-state index contributed by atoms with van der Waals surface area (Å²) in [6.07, 6.45) is 0. The first-order valence-electron chi connectivity index (χ1n) is 7.58. The Morgan fingerprint density at radius 1 is 1.32 bits per heavy atom. The molecule has 138 valence electrons. The fourth-order valence-corrected chi connectivity index (χ4v) is 2.48. The third-order valence-corrected chi connectivity index (χ3v) is 4.11. The predicted octanol–water partition coefficient (Wildman–Crippen LogP) is 0.692. The van der Waals surface area contributed by atoms with Crippen molar-refractivity contribution < 1.29 is 18.8 Å². The van der Waals surface area contributed by atoms with E-state index in [1.165, 1.54) is 36.1 Å². The summed E-state index contributed by atoms with van der Waals surface area (Å²) in [6, 6.07) is 4.69. The summed E-state index contributed by atoms with van der Waals surface area (Å²) in [4.78, 5) is 39.3. The minimum atomic E-state index is -1.31. The van der Waals surface area contributed by atoms with Gasteiger partial charge in [0, 0.05) is 20.1 Å². The number of imide groups is 1. The molecule has 7 nitrogen and oxygen atoms in total. The lowest BCUT2D eigenvalue weighted by Crippen LogP contribution is -2.44. The Kier molecular flexibility index (Phi) is 6.89. The van der Waals surface area contributed by atoms with Crippen LogP contribution in [-0.4, -0.2) is 61.4 Å². The van der Waals surface area contributed by atoms with Gasteiger partial charge in [0.15, 0.2) is 0 Å². The van der Waals surface area contributed by atoms with Crippen molar-refractivity contribution in [2.45, 2.75) is 12.5 Å². The number of hydrogen-bond acceptors (Lipinski definition) is 4. The van der Waals surface area contributed by atoms with Crippen LogP contribution in [0.25, 0.3) is 0 Å². The molecule has 0 saturated carbocycles. The van der Waals surface area contributed by atoms with E-state index in [4.69, 9.17) is 0 Å². The largest absolute Gasteiger partial charge is 0.343 e. The highest BCUT2D eigenvalue weighted by atomic mass is 35.5. The van der Waals surface area contributed by atoms with Crippen molar-refractivity contribution in [1.82, 2.24) is 20.4 Å². The zero-order valence-electron chi connectivity index (χ0n) is 14.3. The smallest absolute Gasteiger partial charge is 0.325 e. The van der Waals surface area contributed by atoms with Gasteiger partial charge in [-0.1, -0.05) is 12.1 Å². The van der Waals surface area contributed by atoms with E-state index in [0.717, 1.165) is 4.90 Å². The van der Waals surface area contributed by atoms with Crippen LogP contribution in [0.3, 0.4) is 0 Å². The van der Waals surface area contributed by atoms with Gasteiger partial charge in [-0.05, 0) is 31.7 Å². The summed E-state index contributed by atoms with van der Waals surface area (Å²) >= 11 is 0. The number of nitrogens with one attached hydrogen (secondary N) is 2. The second-order valence-corrected chi connectivity index (χ2v) is 5.87. The van der Waals surface area contributed by atoms with Crippen molar-refractivity contribution in [3.8, 4) is 0 Å². The van der Waals surface area contributed by atoms with Crippen LogP contribution in [0, 0.1) is 5.82 Å². The quantitative estimate of drug-likeness (QED) is 0.720. The molecule has 0 radical (unpaired) electrons. The van der Waals surface area contributed by atoms with Crippen LogP contribution < -0.4 is 10.6 Å². The Hall–Kier alpha value is -2.19. The van der Waals surface area contributed by atoms with Crippen LogP contribution in [0.15, 0.2) is 24.3 Å². The van der Waals surface area contributed by atoms with Gasteiger partial charge < -0.3 is 15.5 Å². The predicted molar refractivity (Wildman–Crippen MR) is 92.8 cm³/mol. The molecule has 1 aromatic rings. The Labute approximate surface area is 151 Å². The highest BCUT2D eigenvalue weighted by Gasteiger charge is 2.49. The lowest BCUT2D eigenvalue weighted by molar-refractivity contribution is -0.138. The lowest BCUT2D eigenvalue weighted by atomic mass is 9.92. The molecule has 0 bridgehead atoms. The van der Waals surface area contributed by atoms with E-state index < -0.39 is 23.3 Å². The Morgan fingerprint density at radius 3 is 2.48 bits per heavy atom. The van der Waals surface area contributed by atoms with Gasteiger partial charge in [0.2, 0.25) is 5.91 Å². The summed E-state index contributed by atoms with van der Waals surface area (Å²) in [5.41, 5.74) is -0.852. The first kappa shape index (κ1) is 20.9. The van der Waals surface area contributed by atoms with Gasteiger partial charge >= 0.3 is 6.03 Å². The molecular weight excluding hydrogens is 351 g/mol. The maximum absolute atomic E-state index is 13.1. The van der Waals surface area contributed by atoms with Gasteiger partial charge in [0.1, 0.15) is 17.9 Å². The van der Waals surface area contributed by atoms with E-state index in [-0.39, 0.29) is 24.9 Å². The zero-order valence-corrected chi connectivity index (χ0v) is 15.2. The van der Waals surface area contributed by atoms with E-state index in [0.29, 0.717) is 18.7 Å². The minimum absolute atomic E-state index is 0. The fraction of sp³-hybridized carbons (Fsp3) is 0.438. The van der Waals surface area contributed by atoms with E-state index in [1.54, 1.807) is 14.1 Å². The maximum Gasteiger partial charge on any atom is 0.325 e. The molecule has 1 aliphatic rings. The number of carbonyl (C=O) groups excluding carboxylic acids is 3. The molecule has 0 aromatic heterocycles. The molecule has 1 aliphatic heterocycles. The van der Waals surface area contributed by atoms with Gasteiger partial charge in [-0.2, -0.15) is 0 Å². The van der Waals surface area contributed by atoms with Gasteiger partial charge in [-0.15, -0.1) is 12.4 Å². The van der Waals surface area contributed by atoms with Gasteiger partial charge in [-0.25, -0.2) is 9.18 Å². The van der Waals surface area contributed by atoms with Crippen molar-refractivity contribution in [1.29, 1.82) is 0 Å². The number of halogens is 2. The molecule has 2 N–H and O–H groups in total. The van der Waals surface area contributed by atoms with Crippen LogP contribution in [0.1, 0.15) is 12.5 Å². The molecule has 1 atom stereocenters. The number of carbonyl (C=O) groups is 3. The van der Waals surface area contributed by atoms with E-state index in [9.17, 15) is 18.8 Å². The second-order valence-electron chi connectivity index (χ2n) is 5.87. The molecule has 1 fully saturated rings. The normalized spacial score (nSPS) is 19.4. The number of likely N-dealkylation sites (N-methyl/N-ethyl adjacent to an activating group) is 2. The second kappa shape index (κ2) is 8.26. The monoisotopic (exact) mass is 372 g/mol. The first-order valence-corrected chi connectivity index (χ1v) is 7.58. The third kappa shape index (κ3) is 4.26. The molecule has 9 heteroatoms. The van der Waals surface area contributed by atoms with Crippen LogP contribution >= 0.6 is 12.4 Å². The molecular formula is C16H22ClFN4O3. The summed E-state index contributed by atoms with van der Waals surface area (Å²) < 4.78 is 13.1. The number of hydrogen-bond donors (Lipinski definition) is 2. The number of amides is 4. The Morgan fingerprint density at radius 2 is 1.92 bits per heavy atom. The van der Waals surface area contributed by atoms with Crippen molar-refractivity contribution >= 4 is 30.3 Å². The van der Waals surface area contributed by atoms with Gasteiger partial charge in [0.25, 0.3) is 5.91 Å².